The molecule has 0 radical (unpaired) electrons. The molecular formula is C16H23N3O2. The van der Waals surface area contributed by atoms with Crippen molar-refractivity contribution in [2.24, 2.45) is 0 Å². The summed E-state index contributed by atoms with van der Waals surface area (Å²) in [6.07, 6.45) is 3.97. The Bertz CT molecular complexity index is 502. The number of hydrogen-bond donors (Lipinski definition) is 3. The monoisotopic (exact) mass is 289 g/mol. The van der Waals surface area contributed by atoms with Crippen molar-refractivity contribution in [3.8, 4) is 0 Å². The predicted octanol–water partition coefficient (Wildman–Crippen LogP) is 2.51. The fourth-order valence-electron chi connectivity index (χ4n) is 2.40. The zero-order chi connectivity index (χ0) is 15.1. The van der Waals surface area contributed by atoms with Crippen LogP contribution in [0.1, 0.15) is 39.0 Å². The Morgan fingerprint density at radius 3 is 2.81 bits per heavy atom. The molecule has 1 heterocycles. The minimum Gasteiger partial charge on any atom is -0.383 e. The largest absolute Gasteiger partial charge is 0.383 e. The van der Waals surface area contributed by atoms with E-state index in [4.69, 9.17) is 0 Å². The lowest BCUT2D eigenvalue weighted by Crippen LogP contribution is -2.42. The first kappa shape index (κ1) is 15.4. The van der Waals surface area contributed by atoms with Crippen molar-refractivity contribution >= 4 is 23.2 Å². The Morgan fingerprint density at radius 2 is 2.05 bits per heavy atom. The Morgan fingerprint density at radius 1 is 1.29 bits per heavy atom. The second-order valence-corrected chi connectivity index (χ2v) is 5.33. The topological polar surface area (TPSA) is 70.2 Å². The highest BCUT2D eigenvalue weighted by molar-refractivity contribution is 5.99. The number of amides is 2. The molecule has 0 bridgehead atoms. The van der Waals surface area contributed by atoms with Gasteiger partial charge in [-0.15, -0.1) is 0 Å². The number of benzene rings is 1. The molecule has 3 N–H and O–H groups in total. The second-order valence-electron chi connectivity index (χ2n) is 5.33. The number of hydrogen-bond acceptors (Lipinski definition) is 3. The molecule has 1 fully saturated rings. The fourth-order valence-corrected chi connectivity index (χ4v) is 2.40. The average molecular weight is 289 g/mol. The van der Waals surface area contributed by atoms with Crippen LogP contribution in [-0.4, -0.2) is 24.4 Å². The third kappa shape index (κ3) is 4.48. The van der Waals surface area contributed by atoms with Gasteiger partial charge < -0.3 is 16.0 Å². The molecule has 1 unspecified atom stereocenters. The van der Waals surface area contributed by atoms with E-state index in [-0.39, 0.29) is 11.8 Å². The molecule has 1 saturated heterocycles. The first-order valence-electron chi connectivity index (χ1n) is 7.64. The average Bonchev–Trinajstić information content (AvgIpc) is 2.71. The molecule has 1 atom stereocenters. The summed E-state index contributed by atoms with van der Waals surface area (Å²) in [5, 5.41) is 9.00. The van der Waals surface area contributed by atoms with Gasteiger partial charge >= 0.3 is 0 Å². The maximum absolute atomic E-state index is 12.3. The summed E-state index contributed by atoms with van der Waals surface area (Å²) in [6, 6.07) is 7.20. The smallest absolute Gasteiger partial charge is 0.247 e. The lowest BCUT2D eigenvalue weighted by atomic mass is 10.1. The molecule has 0 aliphatic carbocycles. The van der Waals surface area contributed by atoms with E-state index in [9.17, 15) is 9.59 Å². The normalized spacial score (nSPS) is 18.5. The highest BCUT2D eigenvalue weighted by atomic mass is 16.2. The molecule has 5 heteroatoms. The Kier molecular flexibility index (Phi) is 5.60. The van der Waals surface area contributed by atoms with Gasteiger partial charge in [0.05, 0.1) is 11.4 Å². The van der Waals surface area contributed by atoms with Crippen LogP contribution in [0.2, 0.25) is 0 Å². The van der Waals surface area contributed by atoms with Gasteiger partial charge in [-0.3, -0.25) is 9.59 Å². The van der Waals surface area contributed by atoms with E-state index >= 15 is 0 Å². The number of para-hydroxylation sites is 2. The van der Waals surface area contributed by atoms with Gasteiger partial charge in [-0.05, 0) is 31.4 Å². The SMILES string of the molecule is CCCNc1ccccc1NC(=O)C1CCCCC(=O)N1. The first-order chi connectivity index (χ1) is 10.2. The number of anilines is 2. The third-order valence-electron chi connectivity index (χ3n) is 3.55. The molecule has 1 aromatic carbocycles. The van der Waals surface area contributed by atoms with Crippen molar-refractivity contribution < 1.29 is 9.59 Å². The van der Waals surface area contributed by atoms with Gasteiger partial charge in [0.15, 0.2) is 0 Å². The van der Waals surface area contributed by atoms with Crippen LogP contribution in [-0.2, 0) is 9.59 Å². The molecule has 0 saturated carbocycles. The molecular weight excluding hydrogens is 266 g/mol. The van der Waals surface area contributed by atoms with E-state index in [1.807, 2.05) is 24.3 Å². The van der Waals surface area contributed by atoms with Crippen LogP contribution in [0.15, 0.2) is 24.3 Å². The van der Waals surface area contributed by atoms with Gasteiger partial charge in [0, 0.05) is 13.0 Å². The third-order valence-corrected chi connectivity index (χ3v) is 3.55. The maximum atomic E-state index is 12.3. The minimum atomic E-state index is -0.431. The predicted molar refractivity (Wildman–Crippen MR) is 84.3 cm³/mol. The fraction of sp³-hybridized carbons (Fsp3) is 0.500. The van der Waals surface area contributed by atoms with Crippen molar-refractivity contribution in [3.05, 3.63) is 24.3 Å². The minimum absolute atomic E-state index is 0.0370. The molecule has 1 aromatic rings. The first-order valence-corrected chi connectivity index (χ1v) is 7.64. The van der Waals surface area contributed by atoms with Crippen LogP contribution in [0.25, 0.3) is 0 Å². The van der Waals surface area contributed by atoms with Gasteiger partial charge in [0.25, 0.3) is 0 Å². The maximum Gasteiger partial charge on any atom is 0.247 e. The Labute approximate surface area is 125 Å². The van der Waals surface area contributed by atoms with Crippen molar-refractivity contribution in [2.75, 3.05) is 17.2 Å². The number of rotatable bonds is 5. The summed E-state index contributed by atoms with van der Waals surface area (Å²) in [4.78, 5) is 23.9. The summed E-state index contributed by atoms with van der Waals surface area (Å²) >= 11 is 0. The summed E-state index contributed by atoms with van der Waals surface area (Å²) in [6.45, 7) is 2.95. The Hall–Kier alpha value is -2.04. The van der Waals surface area contributed by atoms with Gasteiger partial charge in [-0.25, -0.2) is 0 Å². The van der Waals surface area contributed by atoms with Crippen LogP contribution in [0.4, 0.5) is 11.4 Å². The summed E-state index contributed by atoms with van der Waals surface area (Å²) in [7, 11) is 0. The molecule has 2 rings (SSSR count). The zero-order valence-electron chi connectivity index (χ0n) is 12.4. The standard InChI is InChI=1S/C16H23N3O2/c1-2-11-17-12-7-3-4-8-13(12)19-16(21)14-9-5-6-10-15(20)18-14/h3-4,7-8,14,17H,2,5-6,9-11H2,1H3,(H,18,20)(H,19,21). The van der Waals surface area contributed by atoms with Crippen LogP contribution in [0.3, 0.4) is 0 Å². The Balaban J connectivity index is 2.03. The summed E-state index contributed by atoms with van der Waals surface area (Å²) in [5.41, 5.74) is 1.67. The van der Waals surface area contributed by atoms with Crippen LogP contribution in [0.5, 0.6) is 0 Å². The van der Waals surface area contributed by atoms with Gasteiger partial charge in [0.1, 0.15) is 6.04 Å². The van der Waals surface area contributed by atoms with E-state index in [0.717, 1.165) is 37.2 Å². The van der Waals surface area contributed by atoms with E-state index in [2.05, 4.69) is 22.9 Å². The van der Waals surface area contributed by atoms with Crippen LogP contribution < -0.4 is 16.0 Å². The second kappa shape index (κ2) is 7.67. The van der Waals surface area contributed by atoms with Crippen LogP contribution in [0, 0.1) is 0 Å². The highest BCUT2D eigenvalue weighted by Crippen LogP contribution is 2.21. The number of carbonyl (C=O) groups excluding carboxylic acids is 2. The molecule has 5 nitrogen and oxygen atoms in total. The van der Waals surface area contributed by atoms with E-state index in [0.29, 0.717) is 12.8 Å². The molecule has 114 valence electrons. The molecule has 21 heavy (non-hydrogen) atoms. The zero-order valence-corrected chi connectivity index (χ0v) is 12.4. The number of carbonyl (C=O) groups is 2. The lowest BCUT2D eigenvalue weighted by molar-refractivity contribution is -0.125. The van der Waals surface area contributed by atoms with Crippen molar-refractivity contribution in [1.82, 2.24) is 5.32 Å². The lowest BCUT2D eigenvalue weighted by Gasteiger charge is -2.18. The molecule has 0 spiro atoms. The number of nitrogens with one attached hydrogen (secondary N) is 3. The summed E-state index contributed by atoms with van der Waals surface area (Å²) < 4.78 is 0. The van der Waals surface area contributed by atoms with Gasteiger partial charge in [-0.1, -0.05) is 25.5 Å². The molecule has 1 aliphatic heterocycles. The highest BCUT2D eigenvalue weighted by Gasteiger charge is 2.23. The van der Waals surface area contributed by atoms with Gasteiger partial charge in [0.2, 0.25) is 11.8 Å². The van der Waals surface area contributed by atoms with Crippen molar-refractivity contribution in [3.63, 3.8) is 0 Å². The summed E-state index contributed by atoms with van der Waals surface area (Å²) in [5.74, 6) is -0.180. The molecule has 0 aromatic heterocycles. The van der Waals surface area contributed by atoms with Gasteiger partial charge in [-0.2, -0.15) is 0 Å². The van der Waals surface area contributed by atoms with E-state index in [1.54, 1.807) is 0 Å². The van der Waals surface area contributed by atoms with Crippen molar-refractivity contribution in [2.45, 2.75) is 45.1 Å². The molecule has 1 aliphatic rings. The quantitative estimate of drug-likeness (QED) is 0.780. The van der Waals surface area contributed by atoms with E-state index < -0.39 is 6.04 Å². The van der Waals surface area contributed by atoms with Crippen molar-refractivity contribution in [1.29, 1.82) is 0 Å². The molecule has 2 amide bonds. The van der Waals surface area contributed by atoms with Crippen LogP contribution >= 0.6 is 0 Å². The van der Waals surface area contributed by atoms with E-state index in [1.165, 1.54) is 0 Å².